The zero-order valence-corrected chi connectivity index (χ0v) is 24.5. The Labute approximate surface area is 242 Å². The summed E-state index contributed by atoms with van der Waals surface area (Å²) in [6.45, 7) is 3.35. The Morgan fingerprint density at radius 1 is 0.975 bits per heavy atom. The van der Waals surface area contributed by atoms with Crippen molar-refractivity contribution in [1.82, 2.24) is 10.2 Å². The van der Waals surface area contributed by atoms with Crippen LogP contribution in [0, 0.1) is 6.92 Å². The lowest BCUT2D eigenvalue weighted by atomic mass is 10.1. The molecule has 3 aromatic rings. The summed E-state index contributed by atoms with van der Waals surface area (Å²) in [5.74, 6) is -0.704. The second-order valence-electron chi connectivity index (χ2n) is 10.3. The molecule has 2 amide bonds. The quantitative estimate of drug-likeness (QED) is 0.330. The minimum atomic E-state index is -4.12. The van der Waals surface area contributed by atoms with Crippen molar-refractivity contribution >= 4 is 39.1 Å². The van der Waals surface area contributed by atoms with Crippen LogP contribution in [0.15, 0.2) is 83.8 Å². The van der Waals surface area contributed by atoms with E-state index in [9.17, 15) is 18.0 Å². The highest BCUT2D eigenvalue weighted by molar-refractivity contribution is 7.92. The summed E-state index contributed by atoms with van der Waals surface area (Å²) in [5.41, 5.74) is 2.20. The van der Waals surface area contributed by atoms with Gasteiger partial charge in [-0.05, 0) is 69.0 Å². The minimum Gasteiger partial charge on any atom is -0.352 e. The second-order valence-corrected chi connectivity index (χ2v) is 12.6. The lowest BCUT2D eigenvalue weighted by molar-refractivity contribution is -0.139. The number of carbonyl (C=O) groups is 2. The van der Waals surface area contributed by atoms with Gasteiger partial charge in [0.15, 0.2) is 0 Å². The molecule has 7 nitrogen and oxygen atoms in total. The van der Waals surface area contributed by atoms with E-state index in [0.717, 1.165) is 41.1 Å². The van der Waals surface area contributed by atoms with Gasteiger partial charge in [-0.25, -0.2) is 8.42 Å². The minimum absolute atomic E-state index is 0.0636. The highest BCUT2D eigenvalue weighted by Crippen LogP contribution is 2.27. The fraction of sp³-hybridized carbons (Fsp3) is 0.355. The van der Waals surface area contributed by atoms with Gasteiger partial charge in [-0.15, -0.1) is 0 Å². The van der Waals surface area contributed by atoms with Gasteiger partial charge < -0.3 is 10.2 Å². The van der Waals surface area contributed by atoms with Crippen LogP contribution in [0.5, 0.6) is 0 Å². The number of anilines is 1. The third kappa shape index (κ3) is 7.43. The number of benzene rings is 3. The molecule has 1 unspecified atom stereocenters. The standard InChI is InChI=1S/C31H36ClN3O4S/c1-23-15-17-29(18-16-23)40(38,39)35(28-14-8-11-26(32)21-28)22-30(36)34(20-19-25-9-4-3-5-10-25)24(2)31(37)33-27-12-6-7-13-27/h3-5,8-11,14-18,21,24,27H,6-7,12-13,19-20,22H2,1-2H3,(H,33,37). The van der Waals surface area contributed by atoms with Crippen molar-refractivity contribution in [3.8, 4) is 0 Å². The van der Waals surface area contributed by atoms with Crippen LogP contribution in [0.25, 0.3) is 0 Å². The Bertz CT molecular complexity index is 1410. The lowest BCUT2D eigenvalue weighted by Crippen LogP contribution is -2.53. The van der Waals surface area contributed by atoms with Crippen molar-refractivity contribution in [2.24, 2.45) is 0 Å². The molecular formula is C31H36ClN3O4S. The molecule has 0 spiro atoms. The molecule has 3 aromatic carbocycles. The van der Waals surface area contributed by atoms with Crippen LogP contribution in [0.2, 0.25) is 5.02 Å². The number of rotatable bonds is 11. The summed E-state index contributed by atoms with van der Waals surface area (Å²) in [6, 6.07) is 21.9. The van der Waals surface area contributed by atoms with Crippen molar-refractivity contribution in [3.63, 3.8) is 0 Å². The van der Waals surface area contributed by atoms with Gasteiger partial charge in [0.05, 0.1) is 10.6 Å². The maximum atomic E-state index is 14.0. The number of hydrogen-bond donors (Lipinski definition) is 1. The molecular weight excluding hydrogens is 546 g/mol. The van der Waals surface area contributed by atoms with E-state index in [-0.39, 0.29) is 29.1 Å². The first-order chi connectivity index (χ1) is 19.1. The molecule has 1 saturated carbocycles. The van der Waals surface area contributed by atoms with E-state index in [1.165, 1.54) is 23.1 Å². The monoisotopic (exact) mass is 581 g/mol. The molecule has 9 heteroatoms. The van der Waals surface area contributed by atoms with Gasteiger partial charge >= 0.3 is 0 Å². The van der Waals surface area contributed by atoms with Crippen molar-refractivity contribution in [2.45, 2.75) is 62.9 Å². The highest BCUT2D eigenvalue weighted by atomic mass is 35.5. The third-order valence-electron chi connectivity index (χ3n) is 7.34. The van der Waals surface area contributed by atoms with Gasteiger partial charge in [0, 0.05) is 17.6 Å². The zero-order valence-electron chi connectivity index (χ0n) is 22.9. The predicted molar refractivity (Wildman–Crippen MR) is 159 cm³/mol. The van der Waals surface area contributed by atoms with E-state index in [1.807, 2.05) is 37.3 Å². The summed E-state index contributed by atoms with van der Waals surface area (Å²) in [6.07, 6.45) is 4.51. The number of nitrogens with zero attached hydrogens (tertiary/aromatic N) is 2. The molecule has 0 heterocycles. The third-order valence-corrected chi connectivity index (χ3v) is 9.36. The molecule has 0 bridgehead atoms. The van der Waals surface area contributed by atoms with Crippen LogP contribution >= 0.6 is 11.6 Å². The van der Waals surface area contributed by atoms with Gasteiger partial charge in [-0.1, -0.05) is 78.5 Å². The maximum absolute atomic E-state index is 14.0. The van der Waals surface area contributed by atoms with Crippen LogP contribution in [0.4, 0.5) is 5.69 Å². The Kier molecular flexibility index (Phi) is 9.87. The number of sulfonamides is 1. The summed E-state index contributed by atoms with van der Waals surface area (Å²) in [4.78, 5) is 28.8. The van der Waals surface area contributed by atoms with Gasteiger partial charge in [0.1, 0.15) is 12.6 Å². The van der Waals surface area contributed by atoms with E-state index < -0.39 is 28.5 Å². The zero-order chi connectivity index (χ0) is 28.7. The van der Waals surface area contributed by atoms with Crippen LogP contribution in [-0.2, 0) is 26.0 Å². The van der Waals surface area contributed by atoms with Crippen LogP contribution in [0.1, 0.15) is 43.7 Å². The molecule has 40 heavy (non-hydrogen) atoms. The molecule has 0 aliphatic heterocycles. The van der Waals surface area contributed by atoms with Crippen LogP contribution in [-0.4, -0.2) is 50.3 Å². The summed E-state index contributed by atoms with van der Waals surface area (Å²) < 4.78 is 28.8. The topological polar surface area (TPSA) is 86.8 Å². The Morgan fingerprint density at radius 3 is 2.30 bits per heavy atom. The molecule has 4 rings (SSSR count). The van der Waals surface area contributed by atoms with Gasteiger partial charge in [0.2, 0.25) is 11.8 Å². The molecule has 1 aliphatic rings. The first kappa shape index (κ1) is 29.6. The van der Waals surface area contributed by atoms with Gasteiger partial charge in [-0.3, -0.25) is 13.9 Å². The molecule has 0 radical (unpaired) electrons. The smallest absolute Gasteiger partial charge is 0.264 e. The number of carbonyl (C=O) groups excluding carboxylic acids is 2. The summed E-state index contributed by atoms with van der Waals surface area (Å²) in [5, 5.41) is 3.43. The SMILES string of the molecule is Cc1ccc(S(=O)(=O)N(CC(=O)N(CCc2ccccc2)C(C)C(=O)NC2CCCC2)c2cccc(Cl)c2)cc1. The number of aryl methyl sites for hydroxylation is 1. The molecule has 1 aliphatic carbocycles. The normalized spacial score (nSPS) is 14.5. The van der Waals surface area contributed by atoms with Crippen molar-refractivity contribution in [2.75, 3.05) is 17.4 Å². The van der Waals surface area contributed by atoms with Crippen LogP contribution < -0.4 is 9.62 Å². The van der Waals surface area contributed by atoms with Crippen molar-refractivity contribution < 1.29 is 18.0 Å². The molecule has 1 atom stereocenters. The molecule has 0 aromatic heterocycles. The number of hydrogen-bond acceptors (Lipinski definition) is 4. The molecule has 0 saturated heterocycles. The predicted octanol–water partition coefficient (Wildman–Crippen LogP) is 5.36. The summed E-state index contributed by atoms with van der Waals surface area (Å²) in [7, 11) is -4.12. The average Bonchev–Trinajstić information content (AvgIpc) is 3.45. The molecule has 212 valence electrons. The van der Waals surface area contributed by atoms with E-state index in [2.05, 4.69) is 5.32 Å². The summed E-state index contributed by atoms with van der Waals surface area (Å²) >= 11 is 6.23. The van der Waals surface area contributed by atoms with Crippen molar-refractivity contribution in [3.05, 3.63) is 95.0 Å². The molecule has 1 fully saturated rings. The number of halogens is 1. The Balaban J connectivity index is 1.64. The largest absolute Gasteiger partial charge is 0.352 e. The van der Waals surface area contributed by atoms with Crippen molar-refractivity contribution in [1.29, 1.82) is 0 Å². The van der Waals surface area contributed by atoms with Gasteiger partial charge in [-0.2, -0.15) is 0 Å². The number of amides is 2. The Morgan fingerprint density at radius 2 is 1.65 bits per heavy atom. The van der Waals surface area contributed by atoms with E-state index in [1.54, 1.807) is 37.3 Å². The lowest BCUT2D eigenvalue weighted by Gasteiger charge is -2.32. The average molecular weight is 582 g/mol. The Hall–Kier alpha value is -3.36. The highest BCUT2D eigenvalue weighted by Gasteiger charge is 2.33. The number of nitrogens with one attached hydrogen (secondary N) is 1. The van der Waals surface area contributed by atoms with E-state index >= 15 is 0 Å². The fourth-order valence-electron chi connectivity index (χ4n) is 4.96. The fourth-order valence-corrected chi connectivity index (χ4v) is 6.55. The van der Waals surface area contributed by atoms with E-state index in [0.29, 0.717) is 11.4 Å². The van der Waals surface area contributed by atoms with E-state index in [4.69, 9.17) is 11.6 Å². The van der Waals surface area contributed by atoms with Gasteiger partial charge in [0.25, 0.3) is 10.0 Å². The first-order valence-electron chi connectivity index (χ1n) is 13.6. The first-order valence-corrected chi connectivity index (χ1v) is 15.5. The molecule has 1 N–H and O–H groups in total. The maximum Gasteiger partial charge on any atom is 0.264 e. The second kappa shape index (κ2) is 13.3. The van der Waals surface area contributed by atoms with Crippen LogP contribution in [0.3, 0.4) is 0 Å².